The normalized spacial score (nSPS) is 10.7. The molecular formula is C14H16N2O2. The van der Waals surface area contributed by atoms with E-state index in [0.717, 1.165) is 11.4 Å². The maximum Gasteiger partial charge on any atom is 0.297 e. The van der Waals surface area contributed by atoms with Crippen molar-refractivity contribution in [3.63, 3.8) is 0 Å². The van der Waals surface area contributed by atoms with Crippen LogP contribution in [0.3, 0.4) is 0 Å². The zero-order chi connectivity index (χ0) is 13.1. The van der Waals surface area contributed by atoms with Crippen LogP contribution in [0.5, 0.6) is 5.75 Å². The first-order valence-electron chi connectivity index (χ1n) is 5.85. The summed E-state index contributed by atoms with van der Waals surface area (Å²) in [5, 5.41) is 0. The van der Waals surface area contributed by atoms with Gasteiger partial charge in [-0.05, 0) is 30.2 Å². The molecule has 4 heteroatoms. The van der Waals surface area contributed by atoms with Crippen molar-refractivity contribution in [1.82, 2.24) is 9.55 Å². The van der Waals surface area contributed by atoms with Crippen LogP contribution >= 0.6 is 0 Å². The Morgan fingerprint density at radius 3 is 2.61 bits per heavy atom. The second-order valence-electron chi connectivity index (χ2n) is 4.35. The number of methoxy groups -OCH3 is 1. The van der Waals surface area contributed by atoms with Crippen molar-refractivity contribution in [3.8, 4) is 11.4 Å². The molecule has 0 unspecified atom stereocenters. The lowest BCUT2D eigenvalue weighted by molar-refractivity contribution is 0.406. The number of nitrogens with zero attached hydrogens (tertiary/aromatic N) is 2. The van der Waals surface area contributed by atoms with Gasteiger partial charge in [-0.15, -0.1) is 0 Å². The van der Waals surface area contributed by atoms with Crippen LogP contribution in [0, 0.1) is 0 Å². The van der Waals surface area contributed by atoms with Crippen LogP contribution in [-0.4, -0.2) is 16.7 Å². The molecule has 0 saturated heterocycles. The van der Waals surface area contributed by atoms with E-state index < -0.39 is 0 Å². The summed E-state index contributed by atoms with van der Waals surface area (Å²) >= 11 is 0. The Morgan fingerprint density at radius 2 is 2.06 bits per heavy atom. The minimum Gasteiger partial charge on any atom is -0.491 e. The molecule has 0 saturated carbocycles. The van der Waals surface area contributed by atoms with Crippen molar-refractivity contribution < 1.29 is 4.74 Å². The highest BCUT2D eigenvalue weighted by Crippen LogP contribution is 2.13. The van der Waals surface area contributed by atoms with Crippen LogP contribution in [0.1, 0.15) is 25.5 Å². The van der Waals surface area contributed by atoms with Crippen LogP contribution in [0.25, 0.3) is 5.69 Å². The van der Waals surface area contributed by atoms with E-state index >= 15 is 0 Å². The van der Waals surface area contributed by atoms with E-state index in [1.54, 1.807) is 24.5 Å². The van der Waals surface area contributed by atoms with Gasteiger partial charge in [0.2, 0.25) is 0 Å². The summed E-state index contributed by atoms with van der Waals surface area (Å²) in [6.45, 7) is 4.17. The van der Waals surface area contributed by atoms with Crippen LogP contribution in [-0.2, 0) is 0 Å². The van der Waals surface area contributed by atoms with E-state index in [9.17, 15) is 4.79 Å². The van der Waals surface area contributed by atoms with Gasteiger partial charge in [-0.25, -0.2) is 0 Å². The third kappa shape index (κ3) is 2.27. The van der Waals surface area contributed by atoms with Crippen molar-refractivity contribution in [2.24, 2.45) is 0 Å². The summed E-state index contributed by atoms with van der Waals surface area (Å²) in [6.07, 6.45) is 3.41. The fourth-order valence-electron chi connectivity index (χ4n) is 1.71. The van der Waals surface area contributed by atoms with Crippen LogP contribution in [0.4, 0.5) is 0 Å². The third-order valence-electron chi connectivity index (χ3n) is 2.77. The quantitative estimate of drug-likeness (QED) is 0.832. The fourth-order valence-corrected chi connectivity index (χ4v) is 1.71. The molecule has 2 aromatic heterocycles. The number of pyridine rings is 2. The van der Waals surface area contributed by atoms with E-state index in [1.165, 1.54) is 11.7 Å². The molecule has 18 heavy (non-hydrogen) atoms. The van der Waals surface area contributed by atoms with Gasteiger partial charge in [-0.1, -0.05) is 13.8 Å². The highest BCUT2D eigenvalue weighted by atomic mass is 16.5. The minimum atomic E-state index is -0.181. The van der Waals surface area contributed by atoms with Gasteiger partial charge in [-0.2, -0.15) is 0 Å². The lowest BCUT2D eigenvalue weighted by atomic mass is 10.1. The second kappa shape index (κ2) is 5.04. The summed E-state index contributed by atoms with van der Waals surface area (Å²) in [5.74, 6) is 0.700. The first kappa shape index (κ1) is 12.4. The molecule has 0 amide bonds. The highest BCUT2D eigenvalue weighted by molar-refractivity contribution is 5.33. The molecule has 2 rings (SSSR count). The zero-order valence-corrected chi connectivity index (χ0v) is 10.8. The predicted molar refractivity (Wildman–Crippen MR) is 70.5 cm³/mol. The van der Waals surface area contributed by atoms with Gasteiger partial charge in [-0.3, -0.25) is 14.3 Å². The molecule has 0 atom stereocenters. The predicted octanol–water partition coefficient (Wildman–Crippen LogP) is 2.36. The van der Waals surface area contributed by atoms with Crippen LogP contribution in [0.15, 0.2) is 41.5 Å². The molecule has 4 nitrogen and oxygen atoms in total. The van der Waals surface area contributed by atoms with Crippen molar-refractivity contribution in [3.05, 3.63) is 52.7 Å². The topological polar surface area (TPSA) is 44.1 Å². The van der Waals surface area contributed by atoms with Gasteiger partial charge in [0.05, 0.1) is 19.0 Å². The van der Waals surface area contributed by atoms with Gasteiger partial charge >= 0.3 is 0 Å². The Morgan fingerprint density at radius 1 is 1.28 bits per heavy atom. The molecule has 0 spiro atoms. The van der Waals surface area contributed by atoms with Crippen LogP contribution in [0.2, 0.25) is 0 Å². The first-order chi connectivity index (χ1) is 8.63. The SMILES string of the molecule is COc1cccn(-c2ccc(C(C)C)nc2)c1=O. The van der Waals surface area contributed by atoms with Gasteiger partial charge in [0, 0.05) is 11.9 Å². The molecular weight excluding hydrogens is 228 g/mol. The average Bonchev–Trinajstić information content (AvgIpc) is 2.39. The van der Waals surface area contributed by atoms with E-state index in [-0.39, 0.29) is 5.56 Å². The Kier molecular flexibility index (Phi) is 3.46. The number of ether oxygens (including phenoxy) is 1. The molecule has 0 bridgehead atoms. The summed E-state index contributed by atoms with van der Waals surface area (Å²) in [5.41, 5.74) is 1.57. The molecule has 2 aromatic rings. The lowest BCUT2D eigenvalue weighted by Crippen LogP contribution is -2.19. The summed E-state index contributed by atoms with van der Waals surface area (Å²) in [4.78, 5) is 16.4. The van der Waals surface area contributed by atoms with Crippen molar-refractivity contribution in [2.45, 2.75) is 19.8 Å². The minimum absolute atomic E-state index is 0.181. The van der Waals surface area contributed by atoms with Gasteiger partial charge in [0.25, 0.3) is 5.56 Å². The third-order valence-corrected chi connectivity index (χ3v) is 2.77. The molecule has 0 radical (unpaired) electrons. The molecule has 94 valence electrons. The maximum absolute atomic E-state index is 12.0. The fraction of sp³-hybridized carbons (Fsp3) is 0.286. The van der Waals surface area contributed by atoms with Crippen LogP contribution < -0.4 is 10.3 Å². The molecule has 0 aliphatic carbocycles. The zero-order valence-electron chi connectivity index (χ0n) is 10.8. The molecule has 0 N–H and O–H groups in total. The summed E-state index contributed by atoms with van der Waals surface area (Å²) < 4.78 is 6.54. The molecule has 0 fully saturated rings. The van der Waals surface area contributed by atoms with E-state index in [4.69, 9.17) is 4.74 Å². The Balaban J connectivity index is 2.46. The first-order valence-corrected chi connectivity index (χ1v) is 5.85. The Hall–Kier alpha value is -2.10. The molecule has 2 heterocycles. The number of hydrogen-bond donors (Lipinski definition) is 0. The second-order valence-corrected chi connectivity index (χ2v) is 4.35. The standard InChI is InChI=1S/C14H16N2O2/c1-10(2)12-7-6-11(9-15-12)16-8-4-5-13(18-3)14(16)17/h4-10H,1-3H3. The Bertz CT molecular complexity index is 585. The van der Waals surface area contributed by atoms with E-state index in [1.807, 2.05) is 12.1 Å². The van der Waals surface area contributed by atoms with Gasteiger partial charge in [0.15, 0.2) is 5.75 Å². The summed E-state index contributed by atoms with van der Waals surface area (Å²) in [7, 11) is 1.49. The van der Waals surface area contributed by atoms with Crippen molar-refractivity contribution in [2.75, 3.05) is 7.11 Å². The highest BCUT2D eigenvalue weighted by Gasteiger charge is 2.06. The van der Waals surface area contributed by atoms with Crippen molar-refractivity contribution >= 4 is 0 Å². The van der Waals surface area contributed by atoms with E-state index in [2.05, 4.69) is 18.8 Å². The maximum atomic E-state index is 12.0. The number of hydrogen-bond acceptors (Lipinski definition) is 3. The van der Waals surface area contributed by atoms with E-state index in [0.29, 0.717) is 11.7 Å². The monoisotopic (exact) mass is 244 g/mol. The smallest absolute Gasteiger partial charge is 0.297 e. The van der Waals surface area contributed by atoms with Gasteiger partial charge < -0.3 is 4.74 Å². The molecule has 0 aliphatic heterocycles. The Labute approximate surface area is 106 Å². The number of rotatable bonds is 3. The lowest BCUT2D eigenvalue weighted by Gasteiger charge is -2.09. The largest absolute Gasteiger partial charge is 0.491 e. The van der Waals surface area contributed by atoms with Gasteiger partial charge in [0.1, 0.15) is 0 Å². The van der Waals surface area contributed by atoms with Crippen molar-refractivity contribution in [1.29, 1.82) is 0 Å². The number of aromatic nitrogens is 2. The average molecular weight is 244 g/mol. The molecule has 0 aliphatic rings. The summed E-state index contributed by atoms with van der Waals surface area (Å²) in [6, 6.07) is 7.25. The molecule has 0 aromatic carbocycles.